The van der Waals surface area contributed by atoms with Crippen LogP contribution in [0.5, 0.6) is 0 Å². The smallest absolute Gasteiger partial charge is 0.0247 e. The summed E-state index contributed by atoms with van der Waals surface area (Å²) < 4.78 is 0. The summed E-state index contributed by atoms with van der Waals surface area (Å²) >= 11 is 0. The van der Waals surface area contributed by atoms with Crippen LogP contribution in [0, 0.1) is 35.0 Å². The Balaban J connectivity index is 1.37. The minimum Gasteiger partial charge on any atom is -0.318 e. The first-order valence-corrected chi connectivity index (χ1v) is 13.1. The molecule has 1 aliphatic heterocycles. The van der Waals surface area contributed by atoms with Crippen LogP contribution in [0.3, 0.4) is 0 Å². The molecule has 0 radical (unpaired) electrons. The maximum atomic E-state index is 3.48. The lowest BCUT2D eigenvalue weighted by atomic mass is 9.49. The highest BCUT2D eigenvalue weighted by molar-refractivity contribution is 5.02. The molecule has 1 heterocycles. The number of nitrogens with zero attached hydrogens (tertiary/aromatic N) is 2. The molecule has 0 amide bonds. The molecule has 5 rings (SSSR count). The van der Waals surface area contributed by atoms with Gasteiger partial charge in [-0.25, -0.2) is 0 Å². The van der Waals surface area contributed by atoms with Gasteiger partial charge in [-0.05, 0) is 93.5 Å². The number of likely N-dealkylation sites (N-methyl/N-ethyl adjacent to an activating group) is 1. The number of hydrogen-bond donors (Lipinski definition) is 1. The van der Waals surface area contributed by atoms with E-state index in [1.165, 1.54) is 39.0 Å². The molecular weight excluding hydrogens is 354 g/mol. The van der Waals surface area contributed by atoms with E-state index in [0.29, 0.717) is 6.04 Å². The second-order valence-electron chi connectivity index (χ2n) is 12.0. The summed E-state index contributed by atoms with van der Waals surface area (Å²) in [5.41, 5.74) is 0.735. The molecule has 0 aromatic heterocycles. The molecule has 1 saturated heterocycles. The van der Waals surface area contributed by atoms with Crippen LogP contribution in [0.4, 0.5) is 0 Å². The molecule has 4 bridgehead atoms. The monoisotopic (exact) mass is 403 g/mol. The molecule has 4 saturated carbocycles. The zero-order valence-electron chi connectivity index (χ0n) is 20.1. The van der Waals surface area contributed by atoms with Crippen molar-refractivity contribution in [3.05, 3.63) is 0 Å². The first kappa shape index (κ1) is 22.1. The fourth-order valence-electron chi connectivity index (χ4n) is 8.23. The van der Waals surface area contributed by atoms with Gasteiger partial charge in [0, 0.05) is 38.3 Å². The van der Waals surface area contributed by atoms with Crippen molar-refractivity contribution in [1.82, 2.24) is 15.1 Å². The van der Waals surface area contributed by atoms with Gasteiger partial charge in [0.25, 0.3) is 0 Å². The van der Waals surface area contributed by atoms with E-state index < -0.39 is 0 Å². The number of piperazine rings is 1. The van der Waals surface area contributed by atoms with Gasteiger partial charge in [0.15, 0.2) is 0 Å². The predicted molar refractivity (Wildman–Crippen MR) is 124 cm³/mol. The van der Waals surface area contributed by atoms with E-state index in [-0.39, 0.29) is 0 Å². The second-order valence-corrected chi connectivity index (χ2v) is 12.0. The quantitative estimate of drug-likeness (QED) is 0.592. The van der Waals surface area contributed by atoms with Crippen LogP contribution >= 0.6 is 0 Å². The summed E-state index contributed by atoms with van der Waals surface area (Å²) in [6, 6.07) is 1.43. The lowest BCUT2D eigenvalue weighted by Crippen LogP contribution is -2.60. The zero-order chi connectivity index (χ0) is 20.6. The Labute approximate surface area is 181 Å². The number of hydrogen-bond acceptors (Lipinski definition) is 3. The SMILES string of the molecule is CCC(C)[C@H](CNC)N1CCN(CCC23CC4CC(CC(C4)C2)C3)[C@H](C(C)C)C1. The molecule has 168 valence electrons. The number of rotatable bonds is 9. The fourth-order valence-corrected chi connectivity index (χ4v) is 8.23. The fraction of sp³-hybridized carbons (Fsp3) is 1.00. The van der Waals surface area contributed by atoms with Gasteiger partial charge in [-0.1, -0.05) is 34.1 Å². The van der Waals surface area contributed by atoms with Gasteiger partial charge in [-0.15, -0.1) is 0 Å². The van der Waals surface area contributed by atoms with Crippen molar-refractivity contribution in [2.75, 3.05) is 39.8 Å². The molecule has 3 nitrogen and oxygen atoms in total. The normalized spacial score (nSPS) is 39.9. The molecule has 0 aromatic carbocycles. The van der Waals surface area contributed by atoms with E-state index in [1.54, 1.807) is 38.5 Å². The maximum absolute atomic E-state index is 3.48. The third kappa shape index (κ3) is 4.72. The standard InChI is InChI=1S/C26H49N3/c1-6-20(4)24(17-27-5)29-10-9-28(25(18-29)19(2)3)8-7-26-14-21-11-22(15-26)13-23(12-21)16-26/h19-25,27H,6-18H2,1-5H3/t20?,21?,22?,23?,24-,25-,26?/m0/s1. The van der Waals surface area contributed by atoms with Crippen molar-refractivity contribution in [3.63, 3.8) is 0 Å². The lowest BCUT2D eigenvalue weighted by Gasteiger charge is -2.57. The Morgan fingerprint density at radius 2 is 1.59 bits per heavy atom. The van der Waals surface area contributed by atoms with Crippen molar-refractivity contribution in [2.24, 2.45) is 35.0 Å². The molecule has 1 N–H and O–H groups in total. The highest BCUT2D eigenvalue weighted by atomic mass is 15.3. The van der Waals surface area contributed by atoms with Gasteiger partial charge in [0.1, 0.15) is 0 Å². The topological polar surface area (TPSA) is 18.5 Å². The number of nitrogens with one attached hydrogen (secondary N) is 1. The average molecular weight is 404 g/mol. The van der Waals surface area contributed by atoms with Gasteiger partial charge in [0.05, 0.1) is 0 Å². The third-order valence-corrected chi connectivity index (χ3v) is 9.61. The van der Waals surface area contributed by atoms with E-state index >= 15 is 0 Å². The van der Waals surface area contributed by atoms with Crippen molar-refractivity contribution in [2.45, 2.75) is 91.1 Å². The average Bonchev–Trinajstić information content (AvgIpc) is 2.69. The summed E-state index contributed by atoms with van der Waals surface area (Å²) in [6.07, 6.45) is 12.2. The minimum atomic E-state index is 0.691. The summed E-state index contributed by atoms with van der Waals surface area (Å²) in [7, 11) is 2.12. The largest absolute Gasteiger partial charge is 0.318 e. The summed E-state index contributed by atoms with van der Waals surface area (Å²) in [5, 5.41) is 3.48. The molecule has 4 aliphatic carbocycles. The Morgan fingerprint density at radius 1 is 0.966 bits per heavy atom. The van der Waals surface area contributed by atoms with Crippen LogP contribution in [-0.2, 0) is 0 Å². The van der Waals surface area contributed by atoms with Crippen LogP contribution in [0.15, 0.2) is 0 Å². The van der Waals surface area contributed by atoms with E-state index in [2.05, 4.69) is 49.9 Å². The summed E-state index contributed by atoms with van der Waals surface area (Å²) in [4.78, 5) is 5.74. The minimum absolute atomic E-state index is 0.691. The van der Waals surface area contributed by atoms with Gasteiger partial charge < -0.3 is 5.32 Å². The first-order chi connectivity index (χ1) is 13.9. The van der Waals surface area contributed by atoms with Gasteiger partial charge >= 0.3 is 0 Å². The van der Waals surface area contributed by atoms with Crippen LogP contribution in [0.25, 0.3) is 0 Å². The van der Waals surface area contributed by atoms with Crippen LogP contribution < -0.4 is 5.32 Å². The first-order valence-electron chi connectivity index (χ1n) is 13.1. The Kier molecular flexibility index (Phi) is 6.98. The zero-order valence-corrected chi connectivity index (χ0v) is 20.1. The van der Waals surface area contributed by atoms with E-state index in [1.807, 2.05) is 0 Å². The van der Waals surface area contributed by atoms with Crippen molar-refractivity contribution in [1.29, 1.82) is 0 Å². The van der Waals surface area contributed by atoms with Crippen molar-refractivity contribution < 1.29 is 0 Å². The molecule has 5 aliphatic rings. The predicted octanol–water partition coefficient (Wildman–Crippen LogP) is 4.87. The summed E-state index contributed by atoms with van der Waals surface area (Å²) in [5.74, 6) is 4.81. The highest BCUT2D eigenvalue weighted by Gasteiger charge is 2.50. The van der Waals surface area contributed by atoms with Crippen LogP contribution in [-0.4, -0.2) is 61.7 Å². The molecule has 3 heteroatoms. The van der Waals surface area contributed by atoms with Crippen LogP contribution in [0.2, 0.25) is 0 Å². The highest BCUT2D eigenvalue weighted by Crippen LogP contribution is 2.61. The Hall–Kier alpha value is -0.120. The molecule has 3 atom stereocenters. The second kappa shape index (κ2) is 9.17. The van der Waals surface area contributed by atoms with Crippen molar-refractivity contribution in [3.8, 4) is 0 Å². The third-order valence-electron chi connectivity index (χ3n) is 9.61. The van der Waals surface area contributed by atoms with Gasteiger partial charge in [-0.3, -0.25) is 9.80 Å². The van der Waals surface area contributed by atoms with E-state index in [4.69, 9.17) is 0 Å². The van der Waals surface area contributed by atoms with E-state index in [9.17, 15) is 0 Å². The maximum Gasteiger partial charge on any atom is 0.0247 e. The van der Waals surface area contributed by atoms with Gasteiger partial charge in [-0.2, -0.15) is 0 Å². The molecule has 0 aromatic rings. The van der Waals surface area contributed by atoms with Gasteiger partial charge in [0.2, 0.25) is 0 Å². The molecular formula is C26H49N3. The molecule has 5 fully saturated rings. The van der Waals surface area contributed by atoms with Crippen LogP contribution in [0.1, 0.15) is 79.1 Å². The summed E-state index contributed by atoms with van der Waals surface area (Å²) in [6.45, 7) is 16.0. The Morgan fingerprint density at radius 3 is 2.10 bits per heavy atom. The molecule has 29 heavy (non-hydrogen) atoms. The molecule has 1 unspecified atom stereocenters. The van der Waals surface area contributed by atoms with Crippen molar-refractivity contribution >= 4 is 0 Å². The Bertz CT molecular complexity index is 495. The van der Waals surface area contributed by atoms with E-state index in [0.717, 1.165) is 47.6 Å². The molecule has 0 spiro atoms. The lowest BCUT2D eigenvalue weighted by molar-refractivity contribution is -0.0680.